The van der Waals surface area contributed by atoms with Crippen molar-refractivity contribution in [3.05, 3.63) is 0 Å². The number of ether oxygens (including phenoxy) is 3. The number of amides is 3. The first-order valence-corrected chi connectivity index (χ1v) is 11.0. The number of nitrogens with one attached hydrogen (secondary N) is 3. The molecule has 2 rings (SSSR count). The quantitative estimate of drug-likeness (QED) is 0.520. The number of carbonyl (C=O) groups excluding carboxylic acids is 3. The van der Waals surface area contributed by atoms with Gasteiger partial charge in [0.2, 0.25) is 11.8 Å². The summed E-state index contributed by atoms with van der Waals surface area (Å²) in [4.78, 5) is 35.4. The number of carbonyl (C=O) groups is 3. The minimum Gasteiger partial charge on any atom is -0.444 e. The molecule has 3 N–H and O–H groups in total. The maximum atomic E-state index is 11.8. The van der Waals surface area contributed by atoms with E-state index in [4.69, 9.17) is 14.2 Å². The lowest BCUT2D eigenvalue weighted by molar-refractivity contribution is -0.128. The fraction of sp³-hybridized carbons (Fsp3) is 0.857. The topological polar surface area (TPSA) is 118 Å². The zero-order chi connectivity index (χ0) is 23.3. The van der Waals surface area contributed by atoms with E-state index in [9.17, 15) is 14.4 Å². The van der Waals surface area contributed by atoms with Crippen molar-refractivity contribution in [2.24, 2.45) is 0 Å². The van der Waals surface area contributed by atoms with Gasteiger partial charge in [-0.15, -0.1) is 12.4 Å². The number of halogens is 1. The van der Waals surface area contributed by atoms with Crippen LogP contribution in [0.1, 0.15) is 46.5 Å². The van der Waals surface area contributed by atoms with Gasteiger partial charge in [-0.05, 0) is 59.5 Å². The highest BCUT2D eigenvalue weighted by Crippen LogP contribution is 2.17. The van der Waals surface area contributed by atoms with Gasteiger partial charge in [0.05, 0.1) is 12.2 Å². The maximum absolute atomic E-state index is 11.8. The third-order valence-electron chi connectivity index (χ3n) is 4.84. The van der Waals surface area contributed by atoms with Crippen LogP contribution in [0.4, 0.5) is 4.79 Å². The Morgan fingerprint density at radius 3 is 1.72 bits per heavy atom. The Hall–Kier alpha value is -1.62. The van der Waals surface area contributed by atoms with Crippen molar-refractivity contribution in [3.8, 4) is 0 Å². The van der Waals surface area contributed by atoms with E-state index in [0.717, 1.165) is 38.8 Å². The van der Waals surface area contributed by atoms with Gasteiger partial charge in [0.15, 0.2) is 0 Å². The molecule has 32 heavy (non-hydrogen) atoms. The third kappa shape index (κ3) is 13.7. The van der Waals surface area contributed by atoms with Crippen LogP contribution in [0, 0.1) is 0 Å². The van der Waals surface area contributed by atoms with Crippen LogP contribution in [0.3, 0.4) is 0 Å². The van der Waals surface area contributed by atoms with E-state index < -0.39 is 5.60 Å². The van der Waals surface area contributed by atoms with Crippen LogP contribution in [-0.2, 0) is 23.8 Å². The van der Waals surface area contributed by atoms with Gasteiger partial charge in [-0.3, -0.25) is 9.59 Å². The van der Waals surface area contributed by atoms with Crippen LogP contribution >= 0.6 is 12.4 Å². The molecule has 0 unspecified atom stereocenters. The summed E-state index contributed by atoms with van der Waals surface area (Å²) in [6.07, 6.45) is 3.51. The van der Waals surface area contributed by atoms with Crippen molar-refractivity contribution in [3.63, 3.8) is 0 Å². The summed E-state index contributed by atoms with van der Waals surface area (Å²) in [7, 11) is 3.20. The van der Waals surface area contributed by atoms with Gasteiger partial charge in [-0.1, -0.05) is 0 Å². The smallest absolute Gasteiger partial charge is 0.410 e. The monoisotopic (exact) mass is 480 g/mol. The molecule has 0 aromatic rings. The second-order valence-electron chi connectivity index (χ2n) is 8.58. The summed E-state index contributed by atoms with van der Waals surface area (Å²) in [6, 6.07) is 0. The Kier molecular flexibility index (Phi) is 15.3. The molecule has 0 spiro atoms. The lowest BCUT2D eigenvalue weighted by Gasteiger charge is -2.33. The van der Waals surface area contributed by atoms with Crippen LogP contribution in [-0.4, -0.2) is 94.1 Å². The molecule has 0 aromatic carbocycles. The first-order valence-electron chi connectivity index (χ1n) is 11.0. The van der Waals surface area contributed by atoms with Gasteiger partial charge in [-0.2, -0.15) is 0 Å². The molecular weight excluding hydrogens is 440 g/mol. The Labute approximate surface area is 197 Å². The summed E-state index contributed by atoms with van der Waals surface area (Å²) < 4.78 is 16.2. The Balaban J connectivity index is 0.000000639. The highest BCUT2D eigenvalue weighted by molar-refractivity contribution is 5.85. The van der Waals surface area contributed by atoms with E-state index in [0.29, 0.717) is 13.1 Å². The molecule has 0 aliphatic carbocycles. The van der Waals surface area contributed by atoms with E-state index in [1.165, 1.54) is 0 Å². The summed E-state index contributed by atoms with van der Waals surface area (Å²) in [6.45, 7) is 9.03. The van der Waals surface area contributed by atoms with E-state index in [1.54, 1.807) is 19.0 Å². The predicted octanol–water partition coefficient (Wildman–Crippen LogP) is 1.07. The first kappa shape index (κ1) is 30.4. The van der Waals surface area contributed by atoms with E-state index >= 15 is 0 Å². The summed E-state index contributed by atoms with van der Waals surface area (Å²) in [5.74, 6) is -0.178. The van der Waals surface area contributed by atoms with Gasteiger partial charge in [-0.25, -0.2) is 4.79 Å². The minimum atomic E-state index is -0.469. The first-order chi connectivity index (χ1) is 14.6. The molecule has 11 heteroatoms. The van der Waals surface area contributed by atoms with Gasteiger partial charge >= 0.3 is 6.09 Å². The number of nitrogens with zero attached hydrogens (tertiary/aromatic N) is 1. The molecule has 0 radical (unpaired) electrons. The molecule has 0 bridgehead atoms. The number of likely N-dealkylation sites (tertiary alicyclic amines) is 1. The molecule has 0 atom stereocenters. The second kappa shape index (κ2) is 16.1. The van der Waals surface area contributed by atoms with Gasteiger partial charge in [0.1, 0.15) is 18.8 Å². The van der Waals surface area contributed by atoms with Crippen LogP contribution in [0.25, 0.3) is 0 Å². The number of hydrogen-bond donors (Lipinski definition) is 3. The average Bonchev–Trinajstić information content (AvgIpc) is 2.76. The molecule has 3 amide bonds. The molecule has 0 saturated carbocycles. The summed E-state index contributed by atoms with van der Waals surface area (Å²) >= 11 is 0. The molecule has 10 nitrogen and oxygen atoms in total. The fourth-order valence-electron chi connectivity index (χ4n) is 3.03. The molecular formula is C21H41ClN4O6. The molecule has 2 aliphatic heterocycles. The van der Waals surface area contributed by atoms with Crippen LogP contribution < -0.4 is 16.0 Å². The minimum absolute atomic E-state index is 0. The summed E-state index contributed by atoms with van der Waals surface area (Å²) in [5.41, 5.74) is -0.469. The van der Waals surface area contributed by atoms with E-state index in [-0.39, 0.29) is 55.7 Å². The molecule has 2 heterocycles. The van der Waals surface area contributed by atoms with Crippen molar-refractivity contribution >= 4 is 30.3 Å². The highest BCUT2D eigenvalue weighted by atomic mass is 35.5. The Morgan fingerprint density at radius 1 is 0.875 bits per heavy atom. The number of piperidine rings is 2. The predicted molar refractivity (Wildman–Crippen MR) is 124 cm³/mol. The van der Waals surface area contributed by atoms with E-state index in [1.807, 2.05) is 20.8 Å². The highest BCUT2D eigenvalue weighted by Gasteiger charge is 2.27. The maximum Gasteiger partial charge on any atom is 0.410 e. The third-order valence-corrected chi connectivity index (χ3v) is 4.84. The molecule has 2 saturated heterocycles. The number of rotatable bonds is 6. The zero-order valence-electron chi connectivity index (χ0n) is 20.0. The SMILES string of the molecule is CNC(=O)COC1CCN(C(=O)OC(C)(C)C)CC1.CNC(=O)COC1CCNCC1.Cl. The second-order valence-corrected chi connectivity index (χ2v) is 8.58. The largest absolute Gasteiger partial charge is 0.444 e. The van der Waals surface area contributed by atoms with Crippen LogP contribution in [0.5, 0.6) is 0 Å². The van der Waals surface area contributed by atoms with Crippen molar-refractivity contribution in [2.75, 3.05) is 53.5 Å². The standard InChI is InChI=1S/C13H24N2O4.C8H16N2O2.ClH/c1-13(2,3)19-12(17)15-7-5-10(6-8-15)18-9-11(16)14-4;1-9-8(11)6-12-7-2-4-10-5-3-7;/h10H,5-9H2,1-4H3,(H,14,16);7,10H,2-6H2,1H3,(H,9,11);1H. The van der Waals surface area contributed by atoms with Crippen molar-refractivity contribution in [1.82, 2.24) is 20.9 Å². The van der Waals surface area contributed by atoms with Crippen LogP contribution in [0.2, 0.25) is 0 Å². The molecule has 188 valence electrons. The number of hydrogen-bond acceptors (Lipinski definition) is 7. The molecule has 0 aromatic heterocycles. The summed E-state index contributed by atoms with van der Waals surface area (Å²) in [5, 5.41) is 8.27. The zero-order valence-corrected chi connectivity index (χ0v) is 20.8. The Morgan fingerprint density at radius 2 is 1.31 bits per heavy atom. The van der Waals surface area contributed by atoms with Crippen molar-refractivity contribution < 1.29 is 28.6 Å². The lowest BCUT2D eigenvalue weighted by atomic mass is 10.1. The van der Waals surface area contributed by atoms with Crippen molar-refractivity contribution in [2.45, 2.75) is 64.3 Å². The fourth-order valence-corrected chi connectivity index (χ4v) is 3.03. The van der Waals surface area contributed by atoms with Gasteiger partial charge in [0.25, 0.3) is 0 Å². The molecule has 2 aliphatic rings. The normalized spacial score (nSPS) is 17.3. The Bertz CT molecular complexity index is 559. The van der Waals surface area contributed by atoms with Crippen LogP contribution in [0.15, 0.2) is 0 Å². The lowest BCUT2D eigenvalue weighted by Crippen LogP contribution is -2.44. The van der Waals surface area contributed by atoms with Crippen molar-refractivity contribution in [1.29, 1.82) is 0 Å². The molecule has 2 fully saturated rings. The van der Waals surface area contributed by atoms with E-state index in [2.05, 4.69) is 16.0 Å². The van der Waals surface area contributed by atoms with Gasteiger partial charge in [0, 0.05) is 27.2 Å². The van der Waals surface area contributed by atoms with Gasteiger partial charge < -0.3 is 35.1 Å². The number of likely N-dealkylation sites (N-methyl/N-ethyl adjacent to an activating group) is 2. The average molecular weight is 481 g/mol.